The molecule has 0 aliphatic carbocycles. The van der Waals surface area contributed by atoms with Gasteiger partial charge in [-0.15, -0.1) is 0 Å². The molecule has 1 unspecified atom stereocenters. The third-order valence-electron chi connectivity index (χ3n) is 3.72. The van der Waals surface area contributed by atoms with E-state index in [-0.39, 0.29) is 12.0 Å². The molecular formula is C18H23N5O3. The molecule has 1 aliphatic heterocycles. The molecule has 1 aromatic carbocycles. The molecule has 138 valence electrons. The van der Waals surface area contributed by atoms with E-state index in [9.17, 15) is 0 Å². The van der Waals surface area contributed by atoms with Gasteiger partial charge >= 0.3 is 0 Å². The summed E-state index contributed by atoms with van der Waals surface area (Å²) in [5.41, 5.74) is 7.39. The van der Waals surface area contributed by atoms with Crippen LogP contribution in [0, 0.1) is 0 Å². The largest absolute Gasteiger partial charge is 0.471 e. The Labute approximate surface area is 152 Å². The van der Waals surface area contributed by atoms with Crippen molar-refractivity contribution in [1.29, 1.82) is 0 Å². The molecule has 0 spiro atoms. The van der Waals surface area contributed by atoms with Crippen LogP contribution in [0.15, 0.2) is 35.3 Å². The van der Waals surface area contributed by atoms with E-state index in [0.29, 0.717) is 37.2 Å². The van der Waals surface area contributed by atoms with Crippen LogP contribution in [-0.4, -0.2) is 41.7 Å². The second kappa shape index (κ2) is 8.59. The normalized spacial score (nSPS) is 15.6. The van der Waals surface area contributed by atoms with Gasteiger partial charge in [0, 0.05) is 19.4 Å². The smallest absolute Gasteiger partial charge is 0.245 e. The highest BCUT2D eigenvalue weighted by atomic mass is 16.7. The number of nitrogens with two attached hydrogens (primary N) is 1. The predicted octanol–water partition coefficient (Wildman–Crippen LogP) is 2.53. The number of rotatable bonds is 8. The fraction of sp³-hybridized carbons (Fsp3) is 0.389. The lowest BCUT2D eigenvalue weighted by atomic mass is 10.2. The van der Waals surface area contributed by atoms with Crippen LogP contribution in [0.1, 0.15) is 19.4 Å². The maximum absolute atomic E-state index is 5.87. The van der Waals surface area contributed by atoms with Crippen molar-refractivity contribution in [2.45, 2.75) is 32.8 Å². The Morgan fingerprint density at radius 1 is 1.12 bits per heavy atom. The number of benzene rings is 1. The van der Waals surface area contributed by atoms with Gasteiger partial charge in [0.2, 0.25) is 11.8 Å². The molecule has 26 heavy (non-hydrogen) atoms. The lowest BCUT2D eigenvalue weighted by Crippen LogP contribution is -2.40. The Bertz CT molecular complexity index is 748. The summed E-state index contributed by atoms with van der Waals surface area (Å²) >= 11 is 0. The summed E-state index contributed by atoms with van der Waals surface area (Å²) in [5.74, 6) is 0.892. The van der Waals surface area contributed by atoms with Crippen molar-refractivity contribution >= 4 is 23.7 Å². The number of aromatic nitrogens is 2. The topological polar surface area (TPSA) is 104 Å². The highest BCUT2D eigenvalue weighted by molar-refractivity contribution is 5.84. The van der Waals surface area contributed by atoms with Gasteiger partial charge in [0.05, 0.1) is 0 Å². The molecule has 8 heteroatoms. The Hall–Kier alpha value is -2.71. The van der Waals surface area contributed by atoms with Gasteiger partial charge in [-0.2, -0.15) is 9.97 Å². The maximum Gasteiger partial charge on any atom is 0.245 e. The van der Waals surface area contributed by atoms with Crippen LogP contribution in [0.25, 0.3) is 0 Å². The van der Waals surface area contributed by atoms with E-state index >= 15 is 0 Å². The summed E-state index contributed by atoms with van der Waals surface area (Å²) in [6.45, 7) is 5.24. The van der Waals surface area contributed by atoms with E-state index in [1.54, 1.807) is 6.21 Å². The molecule has 3 N–H and O–H groups in total. The van der Waals surface area contributed by atoms with E-state index in [4.69, 9.17) is 19.9 Å². The zero-order valence-electron chi connectivity index (χ0n) is 14.9. The number of anilines is 2. The molecule has 0 saturated carbocycles. The molecule has 0 saturated heterocycles. The molecule has 1 aliphatic rings. The van der Waals surface area contributed by atoms with Crippen LogP contribution in [0.3, 0.4) is 0 Å². The van der Waals surface area contributed by atoms with Gasteiger partial charge in [-0.3, -0.25) is 0 Å². The van der Waals surface area contributed by atoms with Crippen LogP contribution < -0.4 is 15.8 Å². The first-order valence-electron chi connectivity index (χ1n) is 8.59. The van der Waals surface area contributed by atoms with E-state index in [1.807, 2.05) is 44.2 Å². The number of ether oxygens (including phenoxy) is 3. The van der Waals surface area contributed by atoms with E-state index < -0.39 is 6.29 Å². The SMILES string of the molecule is CCOC(OCC)C1C=Nc2nc(N)nc(OCc3ccccc3)c2N1. The highest BCUT2D eigenvalue weighted by Gasteiger charge is 2.28. The molecule has 2 heterocycles. The third kappa shape index (κ3) is 4.27. The molecule has 0 bridgehead atoms. The standard InChI is InChI=1S/C18H23N5O3/c1-3-24-17(25-4-2)13-10-20-15-14(21-13)16(23-18(19)22-15)26-11-12-8-6-5-7-9-12/h5-10,13,17,21H,3-4,11H2,1-2H3,(H2,19,22,23). The molecular weight excluding hydrogens is 334 g/mol. The number of nitrogen functional groups attached to an aromatic ring is 1. The molecule has 0 fully saturated rings. The minimum absolute atomic E-state index is 0.107. The van der Waals surface area contributed by atoms with Crippen molar-refractivity contribution in [2.75, 3.05) is 24.3 Å². The second-order valence-electron chi connectivity index (χ2n) is 5.59. The molecule has 0 radical (unpaired) electrons. The fourth-order valence-electron chi connectivity index (χ4n) is 2.57. The Morgan fingerprint density at radius 2 is 1.85 bits per heavy atom. The first-order valence-corrected chi connectivity index (χ1v) is 8.59. The average molecular weight is 357 g/mol. The van der Waals surface area contributed by atoms with E-state index in [2.05, 4.69) is 20.3 Å². The molecule has 0 amide bonds. The van der Waals surface area contributed by atoms with Gasteiger partial charge in [-0.05, 0) is 19.4 Å². The van der Waals surface area contributed by atoms with Crippen molar-refractivity contribution in [3.8, 4) is 5.88 Å². The summed E-state index contributed by atoms with van der Waals surface area (Å²) in [5, 5.41) is 3.29. The number of aliphatic imine (C=N–C) groups is 1. The molecule has 3 rings (SSSR count). The summed E-state index contributed by atoms with van der Waals surface area (Å²) in [6.07, 6.45) is 1.23. The van der Waals surface area contributed by atoms with Crippen LogP contribution in [0.2, 0.25) is 0 Å². The van der Waals surface area contributed by atoms with Gasteiger partial charge in [-0.25, -0.2) is 4.99 Å². The van der Waals surface area contributed by atoms with Gasteiger partial charge in [-0.1, -0.05) is 30.3 Å². The molecule has 1 aromatic heterocycles. The first kappa shape index (κ1) is 18.1. The quantitative estimate of drug-likeness (QED) is 0.700. The van der Waals surface area contributed by atoms with Gasteiger partial charge in [0.25, 0.3) is 0 Å². The number of hydrogen-bond donors (Lipinski definition) is 2. The number of nitrogens with zero attached hydrogens (tertiary/aromatic N) is 3. The summed E-state index contributed by atoms with van der Waals surface area (Å²) in [7, 11) is 0. The number of nitrogens with one attached hydrogen (secondary N) is 1. The molecule has 2 aromatic rings. The van der Waals surface area contributed by atoms with Crippen LogP contribution in [-0.2, 0) is 16.1 Å². The minimum atomic E-state index is -0.471. The molecule has 8 nitrogen and oxygen atoms in total. The molecule has 1 atom stereocenters. The Balaban J connectivity index is 1.81. The van der Waals surface area contributed by atoms with Crippen LogP contribution in [0.5, 0.6) is 5.88 Å². The predicted molar refractivity (Wildman–Crippen MR) is 99.8 cm³/mol. The summed E-state index contributed by atoms with van der Waals surface area (Å²) < 4.78 is 17.2. The summed E-state index contributed by atoms with van der Waals surface area (Å²) in [4.78, 5) is 12.8. The zero-order valence-corrected chi connectivity index (χ0v) is 14.9. The van der Waals surface area contributed by atoms with Gasteiger partial charge < -0.3 is 25.3 Å². The third-order valence-corrected chi connectivity index (χ3v) is 3.72. The monoisotopic (exact) mass is 357 g/mol. The van der Waals surface area contributed by atoms with Crippen LogP contribution >= 0.6 is 0 Å². The van der Waals surface area contributed by atoms with Crippen molar-refractivity contribution in [1.82, 2.24) is 9.97 Å². The number of hydrogen-bond acceptors (Lipinski definition) is 8. The second-order valence-corrected chi connectivity index (χ2v) is 5.59. The average Bonchev–Trinajstić information content (AvgIpc) is 2.66. The Morgan fingerprint density at radius 3 is 2.54 bits per heavy atom. The lowest BCUT2D eigenvalue weighted by molar-refractivity contribution is -0.134. The first-order chi connectivity index (χ1) is 12.7. The lowest BCUT2D eigenvalue weighted by Gasteiger charge is -2.28. The fourth-order valence-corrected chi connectivity index (χ4v) is 2.57. The van der Waals surface area contributed by atoms with Crippen molar-refractivity contribution in [3.63, 3.8) is 0 Å². The highest BCUT2D eigenvalue weighted by Crippen LogP contribution is 2.36. The van der Waals surface area contributed by atoms with Crippen molar-refractivity contribution in [2.24, 2.45) is 4.99 Å². The van der Waals surface area contributed by atoms with Gasteiger partial charge in [0.1, 0.15) is 18.3 Å². The van der Waals surface area contributed by atoms with Crippen molar-refractivity contribution in [3.05, 3.63) is 35.9 Å². The van der Waals surface area contributed by atoms with Crippen molar-refractivity contribution < 1.29 is 14.2 Å². The maximum atomic E-state index is 5.87. The Kier molecular flexibility index (Phi) is 5.98. The summed E-state index contributed by atoms with van der Waals surface area (Å²) in [6, 6.07) is 9.54. The van der Waals surface area contributed by atoms with Crippen LogP contribution in [0.4, 0.5) is 17.5 Å². The van der Waals surface area contributed by atoms with E-state index in [0.717, 1.165) is 5.56 Å². The number of fused-ring (bicyclic) bond motifs is 1. The zero-order chi connectivity index (χ0) is 18.4. The van der Waals surface area contributed by atoms with E-state index in [1.165, 1.54) is 0 Å². The van der Waals surface area contributed by atoms with Gasteiger partial charge in [0.15, 0.2) is 12.1 Å². The minimum Gasteiger partial charge on any atom is -0.471 e.